The fourth-order valence-electron chi connectivity index (χ4n) is 2.96. The number of nitrogens with zero attached hydrogens (tertiary/aromatic N) is 2. The summed E-state index contributed by atoms with van der Waals surface area (Å²) in [6.07, 6.45) is 4.55. The van der Waals surface area contributed by atoms with Gasteiger partial charge in [-0.15, -0.1) is 0 Å². The summed E-state index contributed by atoms with van der Waals surface area (Å²) >= 11 is 12.5. The second-order valence-electron chi connectivity index (χ2n) is 6.61. The Balaban J connectivity index is 1.96. The zero-order chi connectivity index (χ0) is 22.6. The largest absolute Gasteiger partial charge is 0.497 e. The molecule has 0 amide bonds. The van der Waals surface area contributed by atoms with E-state index < -0.39 is 16.2 Å². The Morgan fingerprint density at radius 1 is 1.35 bits per heavy atom. The number of ether oxygens (including phenoxy) is 1. The lowest BCUT2D eigenvalue weighted by atomic mass is 10.0. The van der Waals surface area contributed by atoms with Crippen LogP contribution in [0.1, 0.15) is 29.5 Å². The number of hydrazine groups is 1. The number of aromatic nitrogens is 1. The summed E-state index contributed by atoms with van der Waals surface area (Å²) in [6.45, 7) is 0.00872. The Kier molecular flexibility index (Phi) is 7.39. The average molecular weight is 487 g/mol. The molecular weight excluding hydrogens is 467 g/mol. The van der Waals surface area contributed by atoms with Gasteiger partial charge >= 0.3 is 5.97 Å². The van der Waals surface area contributed by atoms with Crippen LogP contribution in [0.15, 0.2) is 30.6 Å². The van der Waals surface area contributed by atoms with Crippen LogP contribution in [0.4, 0.5) is 0 Å². The Morgan fingerprint density at radius 3 is 2.71 bits per heavy atom. The topological polar surface area (TPSA) is 121 Å². The smallest absolute Gasteiger partial charge is 0.303 e. The zero-order valence-corrected chi connectivity index (χ0v) is 18.8. The maximum Gasteiger partial charge on any atom is 0.303 e. The normalized spacial score (nSPS) is 15.4. The third-order valence-corrected chi connectivity index (χ3v) is 6.45. The number of carboxylic acid groups (broad SMARTS) is 1. The van der Waals surface area contributed by atoms with Crippen LogP contribution in [0.3, 0.4) is 0 Å². The van der Waals surface area contributed by atoms with Gasteiger partial charge in [-0.3, -0.25) is 9.78 Å². The third kappa shape index (κ3) is 5.66. The Hall–Kier alpha value is -2.37. The maximum absolute atomic E-state index is 12.8. The number of methoxy groups -OCH3 is 1. The van der Waals surface area contributed by atoms with E-state index in [9.17, 15) is 13.2 Å². The number of nitrogens with one attached hydrogen (secondary N) is 2. The number of halogens is 2. The molecule has 2 aromatic rings. The first-order valence-electron chi connectivity index (χ1n) is 9.15. The molecule has 0 bridgehead atoms. The van der Waals surface area contributed by atoms with E-state index in [1.165, 1.54) is 19.5 Å². The van der Waals surface area contributed by atoms with Gasteiger partial charge in [-0.25, -0.2) is 4.72 Å². The highest BCUT2D eigenvalue weighted by Gasteiger charge is 2.29. The Morgan fingerprint density at radius 2 is 2.06 bits per heavy atom. The number of hydrogen-bond acceptors (Lipinski definition) is 6. The number of rotatable bonds is 8. The van der Waals surface area contributed by atoms with Crippen LogP contribution in [-0.4, -0.2) is 42.5 Å². The van der Waals surface area contributed by atoms with Crippen molar-refractivity contribution in [1.29, 1.82) is 0 Å². The lowest BCUT2D eigenvalue weighted by Gasteiger charge is -2.31. The van der Waals surface area contributed by atoms with Gasteiger partial charge in [-0.05, 0) is 36.3 Å². The summed E-state index contributed by atoms with van der Waals surface area (Å²) in [5.74, 6) is -0.417. The molecule has 166 valence electrons. The molecule has 0 spiro atoms. The van der Waals surface area contributed by atoms with Crippen LogP contribution in [-0.2, 0) is 21.5 Å². The van der Waals surface area contributed by atoms with Gasteiger partial charge in [-0.2, -0.15) is 8.42 Å². The Labute approximate surface area is 189 Å². The standard InChI is InChI=1S/C19H20Cl2N4O5S/c1-30-13-4-5-14-12(7-13)11-25(31(28,29)23-6-2-3-19(26)27)24-18(14)8-15-16(20)9-22-10-17(15)21/h4-5,7-10,23-24H,2-3,6,11H2,1H3,(H,26,27). The highest BCUT2D eigenvalue weighted by Crippen LogP contribution is 2.33. The van der Waals surface area contributed by atoms with Crippen LogP contribution in [0.5, 0.6) is 5.75 Å². The fraction of sp³-hybridized carbons (Fsp3) is 0.263. The van der Waals surface area contributed by atoms with Crippen LogP contribution in [0.2, 0.25) is 10.0 Å². The molecule has 1 aromatic heterocycles. The van der Waals surface area contributed by atoms with Crippen molar-refractivity contribution >= 4 is 51.2 Å². The van der Waals surface area contributed by atoms with Gasteiger partial charge in [0.1, 0.15) is 5.75 Å². The number of aliphatic carboxylic acids is 1. The van der Waals surface area contributed by atoms with Gasteiger partial charge in [0, 0.05) is 36.5 Å². The van der Waals surface area contributed by atoms with E-state index in [1.54, 1.807) is 24.3 Å². The lowest BCUT2D eigenvalue weighted by molar-refractivity contribution is -0.137. The predicted molar refractivity (Wildman–Crippen MR) is 118 cm³/mol. The quantitative estimate of drug-likeness (QED) is 0.490. The average Bonchev–Trinajstić information content (AvgIpc) is 2.73. The summed E-state index contributed by atoms with van der Waals surface area (Å²) in [5.41, 5.74) is 5.27. The van der Waals surface area contributed by atoms with E-state index in [1.807, 2.05) is 0 Å². The van der Waals surface area contributed by atoms with Crippen LogP contribution < -0.4 is 14.9 Å². The SMILES string of the molecule is COc1ccc2c(c1)CN(S(=O)(=O)NCCCC(=O)O)NC2=Cc1c(Cl)cncc1Cl. The molecule has 1 aliphatic heterocycles. The van der Waals surface area contributed by atoms with E-state index in [0.717, 1.165) is 9.98 Å². The van der Waals surface area contributed by atoms with Crippen molar-refractivity contribution in [2.24, 2.45) is 0 Å². The number of pyridine rings is 1. The number of carboxylic acids is 1. The minimum absolute atomic E-state index is 0.0150. The second kappa shape index (κ2) is 9.84. The molecule has 0 radical (unpaired) electrons. The third-order valence-electron chi connectivity index (χ3n) is 4.48. The van der Waals surface area contributed by atoms with Gasteiger partial charge in [0.25, 0.3) is 10.2 Å². The fourth-order valence-corrected chi connectivity index (χ4v) is 4.52. The second-order valence-corrected chi connectivity index (χ2v) is 9.11. The molecule has 0 fully saturated rings. The number of benzene rings is 1. The van der Waals surface area contributed by atoms with E-state index in [-0.39, 0.29) is 25.9 Å². The summed E-state index contributed by atoms with van der Waals surface area (Å²) in [6, 6.07) is 5.31. The summed E-state index contributed by atoms with van der Waals surface area (Å²) < 4.78 is 34.3. The molecule has 0 unspecified atom stereocenters. The zero-order valence-electron chi connectivity index (χ0n) is 16.4. The first kappa shape index (κ1) is 23.3. The Bertz CT molecular complexity index is 1100. The summed E-state index contributed by atoms with van der Waals surface area (Å²) in [5, 5.41) is 9.34. The van der Waals surface area contributed by atoms with Crippen LogP contribution >= 0.6 is 23.2 Å². The molecule has 2 heterocycles. The molecule has 0 saturated heterocycles. The van der Waals surface area contributed by atoms with E-state index in [2.05, 4.69) is 15.1 Å². The van der Waals surface area contributed by atoms with E-state index in [0.29, 0.717) is 32.6 Å². The van der Waals surface area contributed by atoms with Gasteiger partial charge < -0.3 is 15.3 Å². The molecule has 3 rings (SSSR count). The number of hydrogen-bond donors (Lipinski definition) is 3. The van der Waals surface area contributed by atoms with Crippen molar-refractivity contribution in [2.45, 2.75) is 19.4 Å². The molecule has 0 saturated carbocycles. The van der Waals surface area contributed by atoms with Crippen molar-refractivity contribution in [2.75, 3.05) is 13.7 Å². The molecule has 1 aliphatic rings. The van der Waals surface area contributed by atoms with Crippen molar-refractivity contribution in [3.8, 4) is 5.75 Å². The highest BCUT2D eigenvalue weighted by molar-refractivity contribution is 7.87. The van der Waals surface area contributed by atoms with Gasteiger partial charge in [0.15, 0.2) is 0 Å². The molecule has 3 N–H and O–H groups in total. The lowest BCUT2D eigenvalue weighted by Crippen LogP contribution is -2.49. The van der Waals surface area contributed by atoms with Crippen molar-refractivity contribution in [3.63, 3.8) is 0 Å². The van der Waals surface area contributed by atoms with Gasteiger partial charge in [-0.1, -0.05) is 27.6 Å². The predicted octanol–water partition coefficient (Wildman–Crippen LogP) is 2.91. The van der Waals surface area contributed by atoms with Crippen molar-refractivity contribution in [1.82, 2.24) is 19.5 Å². The first-order chi connectivity index (χ1) is 14.7. The number of carbonyl (C=O) groups is 1. The molecule has 1 aromatic carbocycles. The minimum atomic E-state index is -3.97. The van der Waals surface area contributed by atoms with Crippen LogP contribution in [0.25, 0.3) is 11.8 Å². The monoisotopic (exact) mass is 486 g/mol. The van der Waals surface area contributed by atoms with Crippen LogP contribution in [0, 0.1) is 0 Å². The van der Waals surface area contributed by atoms with Crippen molar-refractivity contribution in [3.05, 3.63) is 57.3 Å². The van der Waals surface area contributed by atoms with Crippen molar-refractivity contribution < 1.29 is 23.1 Å². The summed E-state index contributed by atoms with van der Waals surface area (Å²) in [7, 11) is -2.45. The van der Waals surface area contributed by atoms with Gasteiger partial charge in [0.05, 0.1) is 29.4 Å². The van der Waals surface area contributed by atoms with Gasteiger partial charge in [0.2, 0.25) is 0 Å². The minimum Gasteiger partial charge on any atom is -0.497 e. The molecular formula is C19H20Cl2N4O5S. The van der Waals surface area contributed by atoms with E-state index in [4.69, 9.17) is 33.0 Å². The molecule has 12 heteroatoms. The number of fused-ring (bicyclic) bond motifs is 1. The molecule has 31 heavy (non-hydrogen) atoms. The molecule has 9 nitrogen and oxygen atoms in total. The highest BCUT2D eigenvalue weighted by atomic mass is 35.5. The summed E-state index contributed by atoms with van der Waals surface area (Å²) in [4.78, 5) is 14.6. The maximum atomic E-state index is 12.8. The van der Waals surface area contributed by atoms with E-state index >= 15 is 0 Å². The first-order valence-corrected chi connectivity index (χ1v) is 11.3. The molecule has 0 aliphatic carbocycles. The molecule has 0 atom stereocenters.